The lowest BCUT2D eigenvalue weighted by Gasteiger charge is -2.14. The zero-order valence-corrected chi connectivity index (χ0v) is 21.1. The molecule has 1 N–H and O–H groups in total. The first kappa shape index (κ1) is 24.2. The number of hydrogen-bond donors (Lipinski definition) is 1. The molecule has 2 heterocycles. The maximum absolute atomic E-state index is 13.1. The molecule has 0 radical (unpaired) electrons. The summed E-state index contributed by atoms with van der Waals surface area (Å²) in [5, 5.41) is 3.16. The Bertz CT molecular complexity index is 1390. The number of fused-ring (bicyclic) bond motifs is 1. The standard InChI is InChI=1S/C26H19ClN2O5S2/c27-19-6-1-2-7-20(19)28-24(30)14-32-18-5-3-4-16(10-18)12-23-25(31)29(26(35)36-23)13-17-8-9-21-22(11-17)34-15-33-21/h1-12H,13-15H2,(H,28,30)/b23-12-. The molecule has 3 aromatic carbocycles. The number of amides is 2. The molecule has 0 aromatic heterocycles. The summed E-state index contributed by atoms with van der Waals surface area (Å²) in [6, 6.07) is 19.7. The van der Waals surface area contributed by atoms with Crippen LogP contribution in [0.4, 0.5) is 5.69 Å². The Hall–Kier alpha value is -3.53. The summed E-state index contributed by atoms with van der Waals surface area (Å²) in [4.78, 5) is 27.4. The van der Waals surface area contributed by atoms with Crippen LogP contribution in [0.3, 0.4) is 0 Å². The molecule has 5 rings (SSSR count). The van der Waals surface area contributed by atoms with Gasteiger partial charge in [-0.15, -0.1) is 0 Å². The Kier molecular flexibility index (Phi) is 7.13. The van der Waals surface area contributed by atoms with Crippen LogP contribution in [0.1, 0.15) is 11.1 Å². The van der Waals surface area contributed by atoms with Crippen molar-refractivity contribution in [1.29, 1.82) is 0 Å². The van der Waals surface area contributed by atoms with Crippen LogP contribution in [-0.2, 0) is 16.1 Å². The second-order valence-corrected chi connectivity index (χ2v) is 9.93. The first-order valence-corrected chi connectivity index (χ1v) is 12.5. The summed E-state index contributed by atoms with van der Waals surface area (Å²) >= 11 is 12.8. The predicted octanol–water partition coefficient (Wildman–Crippen LogP) is 5.49. The normalized spacial score (nSPS) is 15.5. The van der Waals surface area contributed by atoms with E-state index in [4.69, 9.17) is 38.0 Å². The number of nitrogens with zero attached hydrogens (tertiary/aromatic N) is 1. The number of carbonyl (C=O) groups excluding carboxylic acids is 2. The molecule has 0 unspecified atom stereocenters. The minimum Gasteiger partial charge on any atom is -0.484 e. The molecule has 10 heteroatoms. The maximum atomic E-state index is 13.1. The van der Waals surface area contributed by atoms with E-state index in [1.807, 2.05) is 24.3 Å². The van der Waals surface area contributed by atoms with Crippen molar-refractivity contribution in [1.82, 2.24) is 4.90 Å². The quantitative estimate of drug-likeness (QED) is 0.315. The number of halogens is 1. The van der Waals surface area contributed by atoms with Crippen molar-refractivity contribution in [3.8, 4) is 17.2 Å². The molecule has 2 aliphatic heterocycles. The van der Waals surface area contributed by atoms with E-state index in [9.17, 15) is 9.59 Å². The highest BCUT2D eigenvalue weighted by Crippen LogP contribution is 2.36. The lowest BCUT2D eigenvalue weighted by molar-refractivity contribution is -0.122. The number of ether oxygens (including phenoxy) is 3. The maximum Gasteiger partial charge on any atom is 0.266 e. The predicted molar refractivity (Wildman–Crippen MR) is 143 cm³/mol. The van der Waals surface area contributed by atoms with Crippen LogP contribution in [0.25, 0.3) is 6.08 Å². The van der Waals surface area contributed by atoms with Crippen molar-refractivity contribution < 1.29 is 23.8 Å². The van der Waals surface area contributed by atoms with Crippen molar-refractivity contribution in [3.05, 3.63) is 87.8 Å². The van der Waals surface area contributed by atoms with Gasteiger partial charge in [-0.25, -0.2) is 0 Å². The zero-order chi connectivity index (χ0) is 25.1. The van der Waals surface area contributed by atoms with E-state index in [2.05, 4.69) is 5.32 Å². The second-order valence-electron chi connectivity index (χ2n) is 7.84. The summed E-state index contributed by atoms with van der Waals surface area (Å²) in [5.41, 5.74) is 2.16. The molecule has 182 valence electrons. The van der Waals surface area contributed by atoms with Crippen LogP contribution in [0.15, 0.2) is 71.6 Å². The van der Waals surface area contributed by atoms with Gasteiger partial charge in [0.1, 0.15) is 10.1 Å². The first-order valence-electron chi connectivity index (χ1n) is 10.9. The molecule has 1 fully saturated rings. The highest BCUT2D eigenvalue weighted by molar-refractivity contribution is 8.26. The third-order valence-corrected chi connectivity index (χ3v) is 7.03. The van der Waals surface area contributed by atoms with E-state index in [1.54, 1.807) is 53.4 Å². The third kappa shape index (κ3) is 5.48. The number of thiocarbonyl (C=S) groups is 1. The Morgan fingerprint density at radius 3 is 2.81 bits per heavy atom. The molecular formula is C26H19ClN2O5S2. The second kappa shape index (κ2) is 10.6. The van der Waals surface area contributed by atoms with Crippen molar-refractivity contribution >= 4 is 63.5 Å². The number of anilines is 1. The molecular weight excluding hydrogens is 520 g/mol. The average Bonchev–Trinajstić information content (AvgIpc) is 3.44. The van der Waals surface area contributed by atoms with E-state index >= 15 is 0 Å². The summed E-state index contributed by atoms with van der Waals surface area (Å²) in [7, 11) is 0. The fourth-order valence-electron chi connectivity index (χ4n) is 3.60. The van der Waals surface area contributed by atoms with Crippen LogP contribution in [0, 0.1) is 0 Å². The van der Waals surface area contributed by atoms with Crippen molar-refractivity contribution in [2.24, 2.45) is 0 Å². The summed E-state index contributed by atoms with van der Waals surface area (Å²) in [5.74, 6) is 1.33. The topological polar surface area (TPSA) is 77.1 Å². The molecule has 36 heavy (non-hydrogen) atoms. The molecule has 0 bridgehead atoms. The smallest absolute Gasteiger partial charge is 0.266 e. The van der Waals surface area contributed by atoms with E-state index in [0.717, 1.165) is 11.1 Å². The van der Waals surface area contributed by atoms with Crippen LogP contribution >= 0.6 is 35.6 Å². The van der Waals surface area contributed by atoms with Crippen molar-refractivity contribution in [2.45, 2.75) is 6.54 Å². The van der Waals surface area contributed by atoms with Crippen LogP contribution in [0.2, 0.25) is 5.02 Å². The van der Waals surface area contributed by atoms with E-state index in [-0.39, 0.29) is 25.2 Å². The molecule has 2 amide bonds. The Balaban J connectivity index is 1.22. The largest absolute Gasteiger partial charge is 0.484 e. The molecule has 7 nitrogen and oxygen atoms in total. The highest BCUT2D eigenvalue weighted by Gasteiger charge is 2.32. The zero-order valence-electron chi connectivity index (χ0n) is 18.7. The van der Waals surface area contributed by atoms with Gasteiger partial charge in [-0.05, 0) is 53.6 Å². The van der Waals surface area contributed by atoms with Gasteiger partial charge in [-0.2, -0.15) is 0 Å². The highest BCUT2D eigenvalue weighted by atomic mass is 35.5. The third-order valence-electron chi connectivity index (χ3n) is 5.32. The molecule has 2 aliphatic rings. The van der Waals surface area contributed by atoms with Crippen LogP contribution in [0.5, 0.6) is 17.2 Å². The van der Waals surface area contributed by atoms with Gasteiger partial charge in [0.15, 0.2) is 18.1 Å². The molecule has 0 saturated carbocycles. The summed E-state index contributed by atoms with van der Waals surface area (Å²) in [6.07, 6.45) is 1.76. The number of nitrogens with one attached hydrogen (secondary N) is 1. The average molecular weight is 539 g/mol. The minimum absolute atomic E-state index is 0.173. The number of hydrogen-bond acceptors (Lipinski definition) is 7. The first-order chi connectivity index (χ1) is 17.5. The monoisotopic (exact) mass is 538 g/mol. The molecule has 1 saturated heterocycles. The van der Waals surface area contributed by atoms with Gasteiger partial charge in [0, 0.05) is 0 Å². The molecule has 3 aromatic rings. The van der Waals surface area contributed by atoms with Gasteiger partial charge >= 0.3 is 0 Å². The Morgan fingerprint density at radius 2 is 1.94 bits per heavy atom. The van der Waals surface area contributed by atoms with Gasteiger partial charge in [-0.3, -0.25) is 14.5 Å². The Labute approximate surface area is 222 Å². The van der Waals surface area contributed by atoms with E-state index in [1.165, 1.54) is 11.8 Å². The van der Waals surface area contributed by atoms with E-state index in [0.29, 0.717) is 43.7 Å². The van der Waals surface area contributed by atoms with Crippen molar-refractivity contribution in [3.63, 3.8) is 0 Å². The van der Waals surface area contributed by atoms with Gasteiger partial charge in [0.25, 0.3) is 11.8 Å². The number of carbonyl (C=O) groups is 2. The molecule has 0 spiro atoms. The van der Waals surface area contributed by atoms with Gasteiger partial charge < -0.3 is 19.5 Å². The number of thioether (sulfide) groups is 1. The fraction of sp³-hybridized carbons (Fsp3) is 0.115. The lowest BCUT2D eigenvalue weighted by atomic mass is 10.1. The fourth-order valence-corrected chi connectivity index (χ4v) is 5.04. The molecule has 0 aliphatic carbocycles. The number of benzene rings is 3. The molecule has 0 atom stereocenters. The van der Waals surface area contributed by atoms with E-state index < -0.39 is 0 Å². The van der Waals surface area contributed by atoms with Gasteiger partial charge in [0.05, 0.1) is 22.2 Å². The minimum atomic E-state index is -0.335. The van der Waals surface area contributed by atoms with Crippen LogP contribution < -0.4 is 19.5 Å². The van der Waals surface area contributed by atoms with Crippen molar-refractivity contribution in [2.75, 3.05) is 18.7 Å². The van der Waals surface area contributed by atoms with Crippen LogP contribution in [-0.4, -0.2) is 34.4 Å². The SMILES string of the molecule is O=C(COc1cccc(/C=C2\SC(=S)N(Cc3ccc4c(c3)OCO4)C2=O)c1)Nc1ccccc1Cl. The van der Waals surface area contributed by atoms with Gasteiger partial charge in [0.2, 0.25) is 6.79 Å². The Morgan fingerprint density at radius 1 is 1.11 bits per heavy atom. The summed E-state index contributed by atoms with van der Waals surface area (Å²) in [6.45, 7) is 0.339. The summed E-state index contributed by atoms with van der Waals surface area (Å²) < 4.78 is 16.9. The van der Waals surface area contributed by atoms with Gasteiger partial charge in [-0.1, -0.05) is 65.9 Å². The number of rotatable bonds is 7. The lowest BCUT2D eigenvalue weighted by Crippen LogP contribution is -2.27. The number of para-hydroxylation sites is 1.